The Balaban J connectivity index is 3.51. The molecule has 98 valence electrons. The molecule has 0 radical (unpaired) electrons. The third kappa shape index (κ3) is 3.22. The van der Waals surface area contributed by atoms with Gasteiger partial charge >= 0.3 is 5.97 Å². The van der Waals surface area contributed by atoms with Gasteiger partial charge in [0.2, 0.25) is 0 Å². The Morgan fingerprint density at radius 3 is 2.44 bits per heavy atom. The molecule has 0 aromatic heterocycles. The number of carboxylic acids is 1. The van der Waals surface area contributed by atoms with Crippen molar-refractivity contribution in [3.05, 3.63) is 40.1 Å². The van der Waals surface area contributed by atoms with Gasteiger partial charge in [0.1, 0.15) is 4.90 Å². The molecule has 0 aliphatic rings. The first kappa shape index (κ1) is 14.9. The van der Waals surface area contributed by atoms with Gasteiger partial charge < -0.3 is 5.11 Å². The summed E-state index contributed by atoms with van der Waals surface area (Å²) in [6.45, 7) is 3.19. The lowest BCUT2D eigenvalue weighted by Crippen LogP contribution is -2.12. The first-order valence-corrected chi connectivity index (χ1v) is 6.84. The molecule has 1 N–H and O–H groups in total. The Hall–Kier alpha value is -1.11. The zero-order valence-electron chi connectivity index (χ0n) is 8.78. The van der Waals surface area contributed by atoms with Crippen molar-refractivity contribution < 1.29 is 22.7 Å². The number of aromatic carboxylic acids is 1. The highest BCUT2D eigenvalue weighted by atomic mass is 35.5. The van der Waals surface area contributed by atoms with Crippen LogP contribution in [0.25, 0.3) is 0 Å². The SMILES string of the molecule is C=C(Cl)CS(=O)(=O)c1cc(Cl)cc(C(=O)O)c1F. The Morgan fingerprint density at radius 1 is 1.44 bits per heavy atom. The maximum atomic E-state index is 13.8. The second kappa shape index (κ2) is 5.26. The smallest absolute Gasteiger partial charge is 0.338 e. The Labute approximate surface area is 113 Å². The lowest BCUT2D eigenvalue weighted by atomic mass is 10.2. The molecule has 0 aliphatic carbocycles. The number of rotatable bonds is 4. The molecule has 4 nitrogen and oxygen atoms in total. The van der Waals surface area contributed by atoms with E-state index in [9.17, 15) is 17.6 Å². The van der Waals surface area contributed by atoms with Crippen LogP contribution in [0.2, 0.25) is 5.02 Å². The van der Waals surface area contributed by atoms with Gasteiger partial charge in [-0.3, -0.25) is 0 Å². The number of carboxylic acid groups (broad SMARTS) is 1. The van der Waals surface area contributed by atoms with Crippen molar-refractivity contribution in [2.24, 2.45) is 0 Å². The maximum absolute atomic E-state index is 13.8. The van der Waals surface area contributed by atoms with E-state index in [1.807, 2.05) is 0 Å². The van der Waals surface area contributed by atoms with Crippen molar-refractivity contribution in [2.75, 3.05) is 5.75 Å². The van der Waals surface area contributed by atoms with Gasteiger partial charge in [0.15, 0.2) is 15.7 Å². The summed E-state index contributed by atoms with van der Waals surface area (Å²) in [7, 11) is -4.12. The van der Waals surface area contributed by atoms with E-state index in [1.165, 1.54) is 0 Å². The van der Waals surface area contributed by atoms with E-state index in [2.05, 4.69) is 6.58 Å². The first-order valence-electron chi connectivity index (χ1n) is 4.43. The minimum atomic E-state index is -4.12. The van der Waals surface area contributed by atoms with Crippen molar-refractivity contribution in [1.82, 2.24) is 0 Å². The minimum absolute atomic E-state index is 0.201. The van der Waals surface area contributed by atoms with Crippen LogP contribution in [0.4, 0.5) is 4.39 Å². The van der Waals surface area contributed by atoms with Crippen LogP contribution in [0.1, 0.15) is 10.4 Å². The highest BCUT2D eigenvalue weighted by Gasteiger charge is 2.25. The van der Waals surface area contributed by atoms with Gasteiger partial charge in [-0.05, 0) is 12.1 Å². The molecule has 1 aromatic rings. The van der Waals surface area contributed by atoms with Crippen molar-refractivity contribution >= 4 is 39.0 Å². The molecule has 1 aromatic carbocycles. The molecule has 0 saturated heterocycles. The number of carbonyl (C=O) groups is 1. The van der Waals surface area contributed by atoms with Gasteiger partial charge in [0.25, 0.3) is 0 Å². The topological polar surface area (TPSA) is 71.4 Å². The summed E-state index contributed by atoms with van der Waals surface area (Å²) in [6.07, 6.45) is 0. The zero-order valence-corrected chi connectivity index (χ0v) is 11.1. The number of hydrogen-bond acceptors (Lipinski definition) is 3. The Kier molecular flexibility index (Phi) is 4.37. The molecule has 0 saturated carbocycles. The van der Waals surface area contributed by atoms with Crippen LogP contribution in [0, 0.1) is 5.82 Å². The molecule has 0 fully saturated rings. The summed E-state index contributed by atoms with van der Waals surface area (Å²) in [5.41, 5.74) is -0.818. The molecule has 0 atom stereocenters. The monoisotopic (exact) mass is 312 g/mol. The van der Waals surface area contributed by atoms with E-state index < -0.39 is 37.8 Å². The van der Waals surface area contributed by atoms with Gasteiger partial charge in [-0.1, -0.05) is 29.8 Å². The second-order valence-electron chi connectivity index (χ2n) is 3.35. The van der Waals surface area contributed by atoms with E-state index in [-0.39, 0.29) is 10.1 Å². The quantitative estimate of drug-likeness (QED) is 0.928. The van der Waals surface area contributed by atoms with Gasteiger partial charge in [-0.2, -0.15) is 0 Å². The van der Waals surface area contributed by atoms with Crippen LogP contribution in [0.5, 0.6) is 0 Å². The fraction of sp³-hybridized carbons (Fsp3) is 0.100. The normalized spacial score (nSPS) is 11.3. The summed E-state index contributed by atoms with van der Waals surface area (Å²) in [4.78, 5) is 9.93. The molecule has 18 heavy (non-hydrogen) atoms. The predicted octanol–water partition coefficient (Wildman–Crippen LogP) is 2.70. The highest BCUT2D eigenvalue weighted by Crippen LogP contribution is 2.26. The van der Waals surface area contributed by atoms with Crippen LogP contribution >= 0.6 is 23.2 Å². The number of sulfone groups is 1. The van der Waals surface area contributed by atoms with E-state index >= 15 is 0 Å². The molecule has 1 rings (SSSR count). The first-order chi connectivity index (χ1) is 8.15. The summed E-state index contributed by atoms with van der Waals surface area (Å²) in [5.74, 6) is -3.69. The van der Waals surface area contributed by atoms with E-state index in [0.717, 1.165) is 12.1 Å². The van der Waals surface area contributed by atoms with Gasteiger partial charge in [0, 0.05) is 10.1 Å². The van der Waals surface area contributed by atoms with E-state index in [4.69, 9.17) is 28.3 Å². The Morgan fingerprint density at radius 2 is 2.00 bits per heavy atom. The van der Waals surface area contributed by atoms with Gasteiger partial charge in [0.05, 0.1) is 11.3 Å². The zero-order chi connectivity index (χ0) is 14.1. The minimum Gasteiger partial charge on any atom is -0.478 e. The fourth-order valence-electron chi connectivity index (χ4n) is 1.23. The van der Waals surface area contributed by atoms with Crippen LogP contribution in [-0.4, -0.2) is 25.2 Å². The van der Waals surface area contributed by atoms with Gasteiger partial charge in [-0.15, -0.1) is 0 Å². The number of hydrogen-bond donors (Lipinski definition) is 1. The highest BCUT2D eigenvalue weighted by molar-refractivity contribution is 7.91. The standard InChI is InChI=1S/C10H7Cl2FO4S/c1-5(11)4-18(16,17)8-3-6(12)2-7(9(8)13)10(14)15/h2-3H,1,4H2,(H,14,15). The molecule has 0 bridgehead atoms. The summed E-state index contributed by atoms with van der Waals surface area (Å²) < 4.78 is 37.3. The molecule has 8 heteroatoms. The predicted molar refractivity (Wildman–Crippen MR) is 65.4 cm³/mol. The average Bonchev–Trinajstić information content (AvgIpc) is 2.18. The Bertz CT molecular complexity index is 625. The summed E-state index contributed by atoms with van der Waals surface area (Å²) in [5, 5.41) is 8.31. The summed E-state index contributed by atoms with van der Waals surface area (Å²) in [6, 6.07) is 1.66. The lowest BCUT2D eigenvalue weighted by molar-refractivity contribution is 0.0691. The van der Waals surface area contributed by atoms with E-state index in [1.54, 1.807) is 0 Å². The number of halogens is 3. The largest absolute Gasteiger partial charge is 0.478 e. The average molecular weight is 313 g/mol. The molecule has 0 aliphatic heterocycles. The van der Waals surface area contributed by atoms with Crippen molar-refractivity contribution in [3.8, 4) is 0 Å². The molecule has 0 amide bonds. The van der Waals surface area contributed by atoms with Gasteiger partial charge in [-0.25, -0.2) is 17.6 Å². The third-order valence-corrected chi connectivity index (χ3v) is 4.12. The molecular formula is C10H7Cl2FO4S. The molecular weight excluding hydrogens is 306 g/mol. The van der Waals surface area contributed by atoms with Crippen molar-refractivity contribution in [2.45, 2.75) is 4.90 Å². The van der Waals surface area contributed by atoms with Crippen LogP contribution in [0.15, 0.2) is 28.6 Å². The lowest BCUT2D eigenvalue weighted by Gasteiger charge is -2.07. The van der Waals surface area contributed by atoms with Crippen LogP contribution in [0.3, 0.4) is 0 Å². The molecule has 0 heterocycles. The third-order valence-electron chi connectivity index (χ3n) is 1.92. The second-order valence-corrected chi connectivity index (χ2v) is 6.28. The number of benzene rings is 1. The van der Waals surface area contributed by atoms with Crippen LogP contribution < -0.4 is 0 Å². The maximum Gasteiger partial charge on any atom is 0.338 e. The summed E-state index contributed by atoms with van der Waals surface area (Å²) >= 11 is 10.9. The molecule has 0 unspecified atom stereocenters. The van der Waals surface area contributed by atoms with Crippen LogP contribution in [-0.2, 0) is 9.84 Å². The van der Waals surface area contributed by atoms with E-state index in [0.29, 0.717) is 0 Å². The van der Waals surface area contributed by atoms with Crippen molar-refractivity contribution in [3.63, 3.8) is 0 Å². The molecule has 0 spiro atoms. The van der Waals surface area contributed by atoms with Crippen molar-refractivity contribution in [1.29, 1.82) is 0 Å². The fourth-order valence-corrected chi connectivity index (χ4v) is 3.20.